The number of benzene rings is 2. The fourth-order valence-corrected chi connectivity index (χ4v) is 2.93. The summed E-state index contributed by atoms with van der Waals surface area (Å²) in [7, 11) is 0. The Kier molecular flexibility index (Phi) is 5.63. The molecule has 0 bridgehead atoms. The summed E-state index contributed by atoms with van der Waals surface area (Å²) in [6.45, 7) is 1.14. The first-order valence-corrected chi connectivity index (χ1v) is 8.56. The molecule has 2 aromatic rings. The standard InChI is InChI=1S/C19H18ClNO5/c20-17-7-6-14(10-16(17)18(22)23)26-15-8-9-21(11-15)19(24)25-12-13-4-2-1-3-5-13/h1-7,10,15H,8-9,11-12H2,(H,22,23). The van der Waals surface area contributed by atoms with Gasteiger partial charge in [0.1, 0.15) is 18.5 Å². The molecule has 6 nitrogen and oxygen atoms in total. The molecule has 1 heterocycles. The zero-order valence-electron chi connectivity index (χ0n) is 13.9. The van der Waals surface area contributed by atoms with Crippen molar-refractivity contribution in [2.24, 2.45) is 0 Å². The molecule has 0 aliphatic carbocycles. The summed E-state index contributed by atoms with van der Waals surface area (Å²) in [5.41, 5.74) is 0.913. The number of rotatable bonds is 5. The zero-order chi connectivity index (χ0) is 18.5. The van der Waals surface area contributed by atoms with Crippen LogP contribution in [0, 0.1) is 0 Å². The maximum absolute atomic E-state index is 12.2. The Bertz CT molecular complexity index is 796. The maximum atomic E-state index is 12.2. The van der Waals surface area contributed by atoms with Crippen molar-refractivity contribution in [3.05, 3.63) is 64.7 Å². The van der Waals surface area contributed by atoms with Gasteiger partial charge in [0.25, 0.3) is 0 Å². The number of hydrogen-bond donors (Lipinski definition) is 1. The fraction of sp³-hybridized carbons (Fsp3) is 0.263. The molecular formula is C19H18ClNO5. The number of aromatic carboxylic acids is 1. The van der Waals surface area contributed by atoms with Gasteiger partial charge in [-0.25, -0.2) is 9.59 Å². The molecule has 26 heavy (non-hydrogen) atoms. The van der Waals surface area contributed by atoms with Gasteiger partial charge in [-0.05, 0) is 23.8 Å². The molecule has 0 aromatic heterocycles. The van der Waals surface area contributed by atoms with Gasteiger partial charge in [0.2, 0.25) is 0 Å². The van der Waals surface area contributed by atoms with Gasteiger partial charge in [-0.2, -0.15) is 0 Å². The number of halogens is 1. The third kappa shape index (κ3) is 4.46. The second kappa shape index (κ2) is 8.10. The molecule has 0 spiro atoms. The van der Waals surface area contributed by atoms with Gasteiger partial charge in [-0.15, -0.1) is 0 Å². The van der Waals surface area contributed by atoms with E-state index in [1.807, 2.05) is 30.3 Å². The van der Waals surface area contributed by atoms with Gasteiger partial charge in [-0.1, -0.05) is 41.9 Å². The van der Waals surface area contributed by atoms with Crippen molar-refractivity contribution in [1.29, 1.82) is 0 Å². The lowest BCUT2D eigenvalue weighted by atomic mass is 10.2. The Morgan fingerprint density at radius 3 is 2.69 bits per heavy atom. The van der Waals surface area contributed by atoms with E-state index in [4.69, 9.17) is 26.2 Å². The number of hydrogen-bond acceptors (Lipinski definition) is 4. The average molecular weight is 376 g/mol. The molecular weight excluding hydrogens is 358 g/mol. The monoisotopic (exact) mass is 375 g/mol. The van der Waals surface area contributed by atoms with E-state index < -0.39 is 5.97 Å². The number of ether oxygens (including phenoxy) is 2. The molecule has 1 aliphatic rings. The molecule has 1 N–H and O–H groups in total. The average Bonchev–Trinajstić information content (AvgIpc) is 3.10. The Morgan fingerprint density at radius 1 is 1.19 bits per heavy atom. The van der Waals surface area contributed by atoms with E-state index >= 15 is 0 Å². The Hall–Kier alpha value is -2.73. The molecule has 1 amide bonds. The normalized spacial score (nSPS) is 16.3. The first kappa shape index (κ1) is 18.1. The number of likely N-dealkylation sites (tertiary alicyclic amines) is 1. The summed E-state index contributed by atoms with van der Waals surface area (Å²) in [4.78, 5) is 24.9. The van der Waals surface area contributed by atoms with E-state index in [1.54, 1.807) is 11.0 Å². The number of carboxylic acid groups (broad SMARTS) is 1. The van der Waals surface area contributed by atoms with Crippen molar-refractivity contribution in [2.75, 3.05) is 13.1 Å². The summed E-state index contributed by atoms with van der Waals surface area (Å²) < 4.78 is 11.1. The molecule has 1 fully saturated rings. The second-order valence-corrected chi connectivity index (χ2v) is 6.37. The quantitative estimate of drug-likeness (QED) is 0.859. The summed E-state index contributed by atoms with van der Waals surface area (Å²) in [6.07, 6.45) is 0.0373. The minimum atomic E-state index is -1.11. The fourth-order valence-electron chi connectivity index (χ4n) is 2.73. The van der Waals surface area contributed by atoms with Gasteiger partial charge >= 0.3 is 12.1 Å². The number of amides is 1. The van der Waals surface area contributed by atoms with Crippen LogP contribution in [0.1, 0.15) is 22.3 Å². The van der Waals surface area contributed by atoms with Gasteiger partial charge in [-0.3, -0.25) is 0 Å². The Balaban J connectivity index is 1.53. The lowest BCUT2D eigenvalue weighted by molar-refractivity contribution is 0.0696. The van der Waals surface area contributed by atoms with Gasteiger partial charge in [0.05, 0.1) is 17.1 Å². The van der Waals surface area contributed by atoms with Crippen molar-refractivity contribution < 1.29 is 24.2 Å². The van der Waals surface area contributed by atoms with Crippen LogP contribution in [0.2, 0.25) is 5.02 Å². The number of nitrogens with zero attached hydrogens (tertiary/aromatic N) is 1. The van der Waals surface area contributed by atoms with Crippen LogP contribution >= 0.6 is 11.6 Å². The molecule has 1 atom stereocenters. The van der Waals surface area contributed by atoms with Gasteiger partial charge < -0.3 is 19.5 Å². The molecule has 0 saturated carbocycles. The van der Waals surface area contributed by atoms with Crippen molar-refractivity contribution in [1.82, 2.24) is 4.90 Å². The van der Waals surface area contributed by atoms with Crippen LogP contribution in [-0.2, 0) is 11.3 Å². The number of carboxylic acids is 1. The molecule has 2 aromatic carbocycles. The van der Waals surface area contributed by atoms with Crippen molar-refractivity contribution in [2.45, 2.75) is 19.1 Å². The van der Waals surface area contributed by atoms with Crippen LogP contribution in [0.4, 0.5) is 4.79 Å². The minimum Gasteiger partial charge on any atom is -0.488 e. The lowest BCUT2D eigenvalue weighted by Gasteiger charge is -2.17. The van der Waals surface area contributed by atoms with Crippen LogP contribution < -0.4 is 4.74 Å². The second-order valence-electron chi connectivity index (χ2n) is 5.96. The van der Waals surface area contributed by atoms with E-state index in [2.05, 4.69) is 0 Å². The largest absolute Gasteiger partial charge is 0.488 e. The van der Waals surface area contributed by atoms with Crippen LogP contribution in [-0.4, -0.2) is 41.3 Å². The number of carbonyl (C=O) groups is 2. The number of carbonyl (C=O) groups excluding carboxylic acids is 1. The summed E-state index contributed by atoms with van der Waals surface area (Å²) >= 11 is 5.85. The Labute approximate surface area is 155 Å². The third-order valence-corrected chi connectivity index (χ3v) is 4.41. The maximum Gasteiger partial charge on any atom is 0.410 e. The lowest BCUT2D eigenvalue weighted by Crippen LogP contribution is -2.31. The van der Waals surface area contributed by atoms with E-state index in [0.29, 0.717) is 25.3 Å². The summed E-state index contributed by atoms with van der Waals surface area (Å²) in [5, 5.41) is 9.26. The summed E-state index contributed by atoms with van der Waals surface area (Å²) in [5.74, 6) is -0.700. The van der Waals surface area contributed by atoms with Crippen molar-refractivity contribution in [3.8, 4) is 5.75 Å². The van der Waals surface area contributed by atoms with E-state index in [0.717, 1.165) is 5.56 Å². The van der Waals surface area contributed by atoms with Gasteiger partial charge in [0.15, 0.2) is 0 Å². The highest BCUT2D eigenvalue weighted by Crippen LogP contribution is 2.25. The first-order chi connectivity index (χ1) is 12.5. The Morgan fingerprint density at radius 2 is 1.96 bits per heavy atom. The SMILES string of the molecule is O=C(O)c1cc(OC2CCN(C(=O)OCc3ccccc3)C2)ccc1Cl. The van der Waals surface area contributed by atoms with E-state index in [-0.39, 0.29) is 29.4 Å². The molecule has 1 unspecified atom stereocenters. The summed E-state index contributed by atoms with van der Waals surface area (Å²) in [6, 6.07) is 14.0. The predicted molar refractivity (Wildman–Crippen MR) is 95.6 cm³/mol. The molecule has 0 radical (unpaired) electrons. The zero-order valence-corrected chi connectivity index (χ0v) is 14.7. The predicted octanol–water partition coefficient (Wildman–Crippen LogP) is 3.83. The van der Waals surface area contributed by atoms with Crippen LogP contribution in [0.3, 0.4) is 0 Å². The molecule has 7 heteroatoms. The highest BCUT2D eigenvalue weighted by atomic mass is 35.5. The highest BCUT2D eigenvalue weighted by molar-refractivity contribution is 6.33. The third-order valence-electron chi connectivity index (χ3n) is 4.08. The van der Waals surface area contributed by atoms with Crippen LogP contribution in [0.15, 0.2) is 48.5 Å². The van der Waals surface area contributed by atoms with E-state index in [9.17, 15) is 9.59 Å². The highest BCUT2D eigenvalue weighted by Gasteiger charge is 2.29. The molecule has 3 rings (SSSR count). The van der Waals surface area contributed by atoms with Crippen molar-refractivity contribution in [3.63, 3.8) is 0 Å². The van der Waals surface area contributed by atoms with E-state index in [1.165, 1.54) is 12.1 Å². The van der Waals surface area contributed by atoms with Gasteiger partial charge in [0, 0.05) is 13.0 Å². The minimum absolute atomic E-state index is 0.0127. The van der Waals surface area contributed by atoms with Crippen LogP contribution in [0.5, 0.6) is 5.75 Å². The molecule has 1 aliphatic heterocycles. The van der Waals surface area contributed by atoms with Crippen molar-refractivity contribution >= 4 is 23.7 Å². The first-order valence-electron chi connectivity index (χ1n) is 8.18. The molecule has 136 valence electrons. The topological polar surface area (TPSA) is 76.1 Å². The van der Waals surface area contributed by atoms with Crippen LogP contribution in [0.25, 0.3) is 0 Å². The smallest absolute Gasteiger partial charge is 0.410 e. The molecule has 1 saturated heterocycles.